The number of rotatable bonds is 4. The minimum atomic E-state index is -0.634. The van der Waals surface area contributed by atoms with Crippen molar-refractivity contribution in [1.29, 1.82) is 0 Å². The molecule has 1 aromatic carbocycles. The average Bonchev–Trinajstić information content (AvgIpc) is 2.38. The van der Waals surface area contributed by atoms with Crippen molar-refractivity contribution in [3.63, 3.8) is 0 Å². The number of nitrogens with two attached hydrogens (primary N) is 1. The van der Waals surface area contributed by atoms with Crippen LogP contribution in [0.3, 0.4) is 0 Å². The summed E-state index contributed by atoms with van der Waals surface area (Å²) in [6.07, 6.45) is 5.13. The summed E-state index contributed by atoms with van der Waals surface area (Å²) < 4.78 is 5.82. The van der Waals surface area contributed by atoms with Crippen LogP contribution in [-0.4, -0.2) is 17.3 Å². The van der Waals surface area contributed by atoms with Crippen LogP contribution in [0, 0.1) is 6.92 Å². The van der Waals surface area contributed by atoms with Gasteiger partial charge in [0.1, 0.15) is 12.4 Å². The third kappa shape index (κ3) is 3.71. The zero-order valence-corrected chi connectivity index (χ0v) is 12.0. The smallest absolute Gasteiger partial charge is 0.122 e. The molecule has 1 aromatic rings. The van der Waals surface area contributed by atoms with Crippen LogP contribution >= 0.6 is 0 Å². The molecule has 2 rings (SSSR count). The Morgan fingerprint density at radius 2 is 2.00 bits per heavy atom. The number of aliphatic hydroxyl groups is 1. The van der Waals surface area contributed by atoms with Gasteiger partial charge in [0.25, 0.3) is 0 Å². The van der Waals surface area contributed by atoms with Crippen molar-refractivity contribution < 1.29 is 9.84 Å². The van der Waals surface area contributed by atoms with Gasteiger partial charge in [-0.3, -0.25) is 0 Å². The van der Waals surface area contributed by atoms with Crippen molar-refractivity contribution in [3.05, 3.63) is 29.3 Å². The van der Waals surface area contributed by atoms with Gasteiger partial charge in [0.05, 0.1) is 5.60 Å². The fourth-order valence-electron chi connectivity index (χ4n) is 2.68. The molecule has 0 spiro atoms. The van der Waals surface area contributed by atoms with E-state index in [9.17, 15) is 5.11 Å². The fourth-order valence-corrected chi connectivity index (χ4v) is 2.68. The molecular formula is C16H25NO2. The summed E-state index contributed by atoms with van der Waals surface area (Å²) in [5.74, 6) is 0.850. The Kier molecular flexibility index (Phi) is 4.48. The highest BCUT2D eigenvalue weighted by molar-refractivity contribution is 5.37. The zero-order chi connectivity index (χ0) is 13.9. The van der Waals surface area contributed by atoms with Gasteiger partial charge in [0, 0.05) is 6.04 Å². The molecular weight excluding hydrogens is 238 g/mol. The second-order valence-electron chi connectivity index (χ2n) is 5.89. The monoisotopic (exact) mass is 263 g/mol. The first-order valence-corrected chi connectivity index (χ1v) is 7.21. The summed E-state index contributed by atoms with van der Waals surface area (Å²) in [5.41, 5.74) is 7.42. The van der Waals surface area contributed by atoms with Crippen LogP contribution in [0.1, 0.15) is 56.2 Å². The lowest BCUT2D eigenvalue weighted by atomic mass is 9.85. The minimum absolute atomic E-state index is 0.0373. The summed E-state index contributed by atoms with van der Waals surface area (Å²) in [4.78, 5) is 0. The molecule has 3 N–H and O–H groups in total. The van der Waals surface area contributed by atoms with E-state index >= 15 is 0 Å². The molecule has 1 fully saturated rings. The van der Waals surface area contributed by atoms with E-state index in [4.69, 9.17) is 10.5 Å². The molecule has 1 saturated carbocycles. The summed E-state index contributed by atoms with van der Waals surface area (Å²) >= 11 is 0. The third-order valence-electron chi connectivity index (χ3n) is 4.01. The van der Waals surface area contributed by atoms with Gasteiger partial charge in [-0.1, -0.05) is 31.4 Å². The van der Waals surface area contributed by atoms with E-state index in [1.54, 1.807) is 0 Å². The Bertz CT molecular complexity index is 423. The Hall–Kier alpha value is -1.06. The molecule has 0 aliphatic heterocycles. The number of ether oxygens (including phenoxy) is 1. The molecule has 1 atom stereocenters. The van der Waals surface area contributed by atoms with E-state index in [1.165, 1.54) is 6.42 Å². The molecule has 0 unspecified atom stereocenters. The van der Waals surface area contributed by atoms with Crippen molar-refractivity contribution in [2.45, 2.75) is 57.6 Å². The lowest BCUT2D eigenvalue weighted by Gasteiger charge is -2.32. The van der Waals surface area contributed by atoms with Crippen molar-refractivity contribution in [1.82, 2.24) is 0 Å². The Morgan fingerprint density at radius 1 is 1.32 bits per heavy atom. The third-order valence-corrected chi connectivity index (χ3v) is 4.01. The summed E-state index contributed by atoms with van der Waals surface area (Å²) in [5, 5.41) is 10.4. The van der Waals surface area contributed by atoms with Crippen LogP contribution in [0.5, 0.6) is 5.75 Å². The zero-order valence-electron chi connectivity index (χ0n) is 12.0. The first-order valence-electron chi connectivity index (χ1n) is 7.21. The summed E-state index contributed by atoms with van der Waals surface area (Å²) in [6, 6.07) is 6.05. The standard InChI is InChI=1S/C16H25NO2/c1-12-10-14(13(2)17)6-7-15(12)19-11-16(18)8-4-3-5-9-16/h6-7,10,13,18H,3-5,8-9,11,17H2,1-2H3/t13-/m0/s1. The second-order valence-corrected chi connectivity index (χ2v) is 5.89. The highest BCUT2D eigenvalue weighted by Crippen LogP contribution is 2.30. The molecule has 1 aliphatic carbocycles. The number of hydrogen-bond acceptors (Lipinski definition) is 3. The maximum absolute atomic E-state index is 10.4. The van der Waals surface area contributed by atoms with E-state index in [2.05, 4.69) is 6.07 Å². The summed E-state index contributed by atoms with van der Waals surface area (Å²) in [6.45, 7) is 4.39. The maximum Gasteiger partial charge on any atom is 0.122 e. The predicted molar refractivity (Wildman–Crippen MR) is 77.3 cm³/mol. The average molecular weight is 263 g/mol. The van der Waals surface area contributed by atoms with Crippen molar-refractivity contribution in [2.24, 2.45) is 5.73 Å². The number of aryl methyl sites for hydroxylation is 1. The molecule has 19 heavy (non-hydrogen) atoms. The number of hydrogen-bond donors (Lipinski definition) is 2. The fraction of sp³-hybridized carbons (Fsp3) is 0.625. The molecule has 0 saturated heterocycles. The molecule has 3 heteroatoms. The Morgan fingerprint density at radius 3 is 2.58 bits per heavy atom. The lowest BCUT2D eigenvalue weighted by Crippen LogP contribution is -2.38. The van der Waals surface area contributed by atoms with Crippen LogP contribution in [0.4, 0.5) is 0 Å². The van der Waals surface area contributed by atoms with Crippen LogP contribution in [0.2, 0.25) is 0 Å². The molecule has 3 nitrogen and oxygen atoms in total. The van der Waals surface area contributed by atoms with Gasteiger partial charge in [-0.15, -0.1) is 0 Å². The number of benzene rings is 1. The van der Waals surface area contributed by atoms with Gasteiger partial charge >= 0.3 is 0 Å². The highest BCUT2D eigenvalue weighted by Gasteiger charge is 2.30. The van der Waals surface area contributed by atoms with Crippen LogP contribution in [-0.2, 0) is 0 Å². The highest BCUT2D eigenvalue weighted by atomic mass is 16.5. The first kappa shape index (κ1) is 14.4. The van der Waals surface area contributed by atoms with Crippen molar-refractivity contribution in [2.75, 3.05) is 6.61 Å². The molecule has 0 bridgehead atoms. The molecule has 1 aliphatic rings. The largest absolute Gasteiger partial charge is 0.490 e. The molecule has 0 heterocycles. The molecule has 0 amide bonds. The molecule has 106 valence electrons. The molecule has 0 radical (unpaired) electrons. The second kappa shape index (κ2) is 5.93. The lowest BCUT2D eigenvalue weighted by molar-refractivity contribution is -0.0340. The van der Waals surface area contributed by atoms with Crippen LogP contribution in [0.25, 0.3) is 0 Å². The van der Waals surface area contributed by atoms with Gasteiger partial charge in [-0.05, 0) is 43.9 Å². The van der Waals surface area contributed by atoms with Crippen molar-refractivity contribution >= 4 is 0 Å². The topological polar surface area (TPSA) is 55.5 Å². The molecule has 0 aromatic heterocycles. The van der Waals surface area contributed by atoms with E-state index in [1.807, 2.05) is 26.0 Å². The summed E-state index contributed by atoms with van der Waals surface area (Å²) in [7, 11) is 0. The SMILES string of the molecule is Cc1cc([C@H](C)N)ccc1OCC1(O)CCCCC1. The van der Waals surface area contributed by atoms with Gasteiger partial charge < -0.3 is 15.6 Å². The maximum atomic E-state index is 10.4. The minimum Gasteiger partial charge on any atom is -0.490 e. The van der Waals surface area contributed by atoms with Gasteiger partial charge in [0.2, 0.25) is 0 Å². The van der Waals surface area contributed by atoms with E-state index in [0.29, 0.717) is 6.61 Å². The van der Waals surface area contributed by atoms with Gasteiger partial charge in [-0.2, -0.15) is 0 Å². The van der Waals surface area contributed by atoms with Gasteiger partial charge in [-0.25, -0.2) is 0 Å². The first-order chi connectivity index (χ1) is 9.00. The Labute approximate surface area is 115 Å². The van der Waals surface area contributed by atoms with Crippen molar-refractivity contribution in [3.8, 4) is 5.75 Å². The van der Waals surface area contributed by atoms with Crippen LogP contribution in [0.15, 0.2) is 18.2 Å². The Balaban J connectivity index is 1.99. The quantitative estimate of drug-likeness (QED) is 0.877. The van der Waals surface area contributed by atoms with E-state index in [-0.39, 0.29) is 6.04 Å². The van der Waals surface area contributed by atoms with Crippen LogP contribution < -0.4 is 10.5 Å². The van der Waals surface area contributed by atoms with Gasteiger partial charge in [0.15, 0.2) is 0 Å². The van der Waals surface area contributed by atoms with E-state index in [0.717, 1.165) is 42.6 Å². The van der Waals surface area contributed by atoms with E-state index < -0.39 is 5.60 Å². The normalized spacial score (nSPS) is 20.0. The predicted octanol–water partition coefficient (Wildman–Crippen LogP) is 3.09.